The van der Waals surface area contributed by atoms with Crippen LogP contribution in [-0.4, -0.2) is 118 Å². The number of carboxylic acids is 1. The van der Waals surface area contributed by atoms with Crippen LogP contribution < -0.4 is 43.4 Å². The lowest BCUT2D eigenvalue weighted by Crippen LogP contribution is -2.59. The molecule has 0 spiro atoms. The summed E-state index contributed by atoms with van der Waals surface area (Å²) in [7, 11) is 0. The molecule has 7 amide bonds. The van der Waals surface area contributed by atoms with Crippen LogP contribution >= 0.6 is 0 Å². The number of benzene rings is 2. The van der Waals surface area contributed by atoms with Crippen molar-refractivity contribution in [1.29, 1.82) is 0 Å². The lowest BCUT2D eigenvalue weighted by molar-refractivity contribution is -0.143. The highest BCUT2D eigenvalue weighted by Gasteiger charge is 2.32. The molecular formula is C33H41N9O11. The Morgan fingerprint density at radius 1 is 0.698 bits per heavy atom. The molecule has 0 aliphatic rings. The Kier molecular flexibility index (Phi) is 15.2. The van der Waals surface area contributed by atoms with E-state index in [1.165, 1.54) is 24.3 Å². The topological polar surface area (TPSA) is 337 Å². The average Bonchev–Trinajstić information content (AvgIpc) is 3.53. The number of hydrogen-bond acceptors (Lipinski definition) is 11. The van der Waals surface area contributed by atoms with Crippen LogP contribution in [0.4, 0.5) is 0 Å². The third kappa shape index (κ3) is 12.9. The number of primary amides is 1. The number of carbonyl (C=O) groups is 8. The molecule has 0 aliphatic heterocycles. The fourth-order valence-electron chi connectivity index (χ4n) is 4.96. The van der Waals surface area contributed by atoms with E-state index in [1.54, 1.807) is 30.5 Å². The first-order valence-corrected chi connectivity index (χ1v) is 16.1. The number of aromatic nitrogens is 1. The Labute approximate surface area is 301 Å². The zero-order valence-electron chi connectivity index (χ0n) is 28.2. The van der Waals surface area contributed by atoms with Crippen molar-refractivity contribution in [2.24, 2.45) is 11.5 Å². The highest BCUT2D eigenvalue weighted by molar-refractivity contribution is 5.97. The minimum Gasteiger partial charge on any atom is -0.508 e. The van der Waals surface area contributed by atoms with Gasteiger partial charge < -0.3 is 63.7 Å². The van der Waals surface area contributed by atoms with E-state index in [9.17, 15) is 53.7 Å². The summed E-state index contributed by atoms with van der Waals surface area (Å²) in [4.78, 5) is 103. The second-order valence-electron chi connectivity index (χ2n) is 11.7. The Morgan fingerprint density at radius 2 is 1.26 bits per heavy atom. The summed E-state index contributed by atoms with van der Waals surface area (Å²) < 4.78 is 0. The number of para-hydroxylation sites is 1. The molecule has 1 heterocycles. The van der Waals surface area contributed by atoms with Gasteiger partial charge in [-0.05, 0) is 29.3 Å². The van der Waals surface area contributed by atoms with Crippen molar-refractivity contribution >= 4 is 58.2 Å². The van der Waals surface area contributed by atoms with Gasteiger partial charge in [-0.3, -0.25) is 33.6 Å². The molecule has 0 saturated heterocycles. The van der Waals surface area contributed by atoms with Gasteiger partial charge in [-0.15, -0.1) is 0 Å². The number of nitrogens with two attached hydrogens (primary N) is 2. The number of carboxylic acid groups (broad SMARTS) is 1. The number of H-pyrrole nitrogens is 1. The molecular weight excluding hydrogens is 698 g/mol. The highest BCUT2D eigenvalue weighted by Crippen LogP contribution is 2.19. The molecule has 53 heavy (non-hydrogen) atoms. The van der Waals surface area contributed by atoms with Crippen LogP contribution in [0.25, 0.3) is 10.9 Å². The maximum atomic E-state index is 13.5. The molecule has 1 aromatic heterocycles. The van der Waals surface area contributed by atoms with Crippen LogP contribution in [0.15, 0.2) is 54.7 Å². The van der Waals surface area contributed by atoms with Crippen molar-refractivity contribution in [3.05, 3.63) is 65.9 Å². The van der Waals surface area contributed by atoms with E-state index < -0.39 is 97.6 Å². The van der Waals surface area contributed by atoms with Gasteiger partial charge in [-0.25, -0.2) is 4.79 Å². The van der Waals surface area contributed by atoms with E-state index in [-0.39, 0.29) is 25.1 Å². The van der Waals surface area contributed by atoms with Crippen molar-refractivity contribution in [1.82, 2.24) is 36.9 Å². The van der Waals surface area contributed by atoms with Gasteiger partial charge in [0.15, 0.2) is 0 Å². The zero-order valence-corrected chi connectivity index (χ0v) is 28.2. The lowest BCUT2D eigenvalue weighted by Gasteiger charge is -2.25. The molecule has 0 fully saturated rings. The van der Waals surface area contributed by atoms with Crippen molar-refractivity contribution in [3.8, 4) is 5.75 Å². The minimum atomic E-state index is -1.73. The number of aromatic amines is 1. The standard InChI is InChI=1S/C33H41N9O11/c34-12-27(46)37-14-28(47)38-15-29(48)39-22(9-17-5-7-19(44)8-6-17)30(49)42-25(16-43)32(51)40-23(31(50)41-24(33(52)53)11-26(35)45)10-18-13-36-21-4-2-1-3-20(18)21/h1-8,13,22-25,36,43-44H,9-12,14-16,34H2,(H2,35,45)(H,37,46)(H,38,47)(H,39,48)(H,40,51)(H,41,50)(H,42,49)(H,52,53)/t22-,23-,24-,25-/m0/s1. The monoisotopic (exact) mass is 739 g/mol. The van der Waals surface area contributed by atoms with Crippen LogP contribution in [0.2, 0.25) is 0 Å². The van der Waals surface area contributed by atoms with Gasteiger partial charge in [0.05, 0.1) is 32.7 Å². The van der Waals surface area contributed by atoms with E-state index in [0.29, 0.717) is 22.0 Å². The smallest absolute Gasteiger partial charge is 0.326 e. The van der Waals surface area contributed by atoms with E-state index in [1.807, 2.05) is 0 Å². The molecule has 4 atom stereocenters. The molecule has 3 rings (SSSR count). The predicted molar refractivity (Wildman–Crippen MR) is 185 cm³/mol. The number of aliphatic hydroxyl groups is 1. The summed E-state index contributed by atoms with van der Waals surface area (Å²) in [5.41, 5.74) is 12.0. The molecule has 20 heteroatoms. The number of aliphatic hydroxyl groups excluding tert-OH is 1. The van der Waals surface area contributed by atoms with Crippen LogP contribution in [0.3, 0.4) is 0 Å². The van der Waals surface area contributed by atoms with Gasteiger partial charge >= 0.3 is 5.97 Å². The van der Waals surface area contributed by atoms with E-state index >= 15 is 0 Å². The number of nitrogens with one attached hydrogen (secondary N) is 7. The summed E-state index contributed by atoms with van der Waals surface area (Å²) >= 11 is 0. The fourth-order valence-corrected chi connectivity index (χ4v) is 4.96. The molecule has 3 aromatic rings. The van der Waals surface area contributed by atoms with Gasteiger partial charge in [0.2, 0.25) is 41.4 Å². The van der Waals surface area contributed by atoms with Crippen LogP contribution in [0.5, 0.6) is 5.75 Å². The van der Waals surface area contributed by atoms with Crippen molar-refractivity contribution in [3.63, 3.8) is 0 Å². The summed E-state index contributed by atoms with van der Waals surface area (Å²) in [5.74, 6) is -7.86. The largest absolute Gasteiger partial charge is 0.508 e. The Balaban J connectivity index is 1.79. The first kappa shape index (κ1) is 40.9. The Bertz CT molecular complexity index is 1810. The third-order valence-electron chi connectivity index (χ3n) is 7.67. The quantitative estimate of drug-likeness (QED) is 0.0524. The van der Waals surface area contributed by atoms with Crippen molar-refractivity contribution < 1.29 is 53.7 Å². The first-order valence-electron chi connectivity index (χ1n) is 16.1. The predicted octanol–water partition coefficient (Wildman–Crippen LogP) is -4.26. The molecule has 14 N–H and O–H groups in total. The Hall–Kier alpha value is -6.54. The SMILES string of the molecule is NCC(=O)NCC(=O)NCC(=O)N[C@@H](Cc1ccc(O)cc1)C(=O)N[C@@H](CO)C(=O)N[C@@H](Cc1c[nH]c2ccccc12)C(=O)N[C@@H](CC(N)=O)C(=O)O. The van der Waals surface area contributed by atoms with Gasteiger partial charge in [-0.1, -0.05) is 30.3 Å². The van der Waals surface area contributed by atoms with Crippen molar-refractivity contribution in [2.75, 3.05) is 26.2 Å². The number of rotatable bonds is 20. The maximum absolute atomic E-state index is 13.5. The number of phenolic OH excluding ortho intramolecular Hbond substituents is 1. The molecule has 0 bridgehead atoms. The molecule has 0 unspecified atom stereocenters. The minimum absolute atomic E-state index is 0.0734. The highest BCUT2D eigenvalue weighted by atomic mass is 16.4. The number of aromatic hydroxyl groups is 1. The average molecular weight is 740 g/mol. The second-order valence-corrected chi connectivity index (χ2v) is 11.7. The summed E-state index contributed by atoms with van der Waals surface area (Å²) in [5, 5.41) is 43.8. The summed E-state index contributed by atoms with van der Waals surface area (Å²) in [6.45, 7) is -2.41. The van der Waals surface area contributed by atoms with Gasteiger partial charge in [-0.2, -0.15) is 0 Å². The van der Waals surface area contributed by atoms with E-state index in [2.05, 4.69) is 36.9 Å². The van der Waals surface area contributed by atoms with Crippen molar-refractivity contribution in [2.45, 2.75) is 43.4 Å². The number of fused-ring (bicyclic) bond motifs is 1. The number of phenols is 1. The van der Waals surface area contributed by atoms with E-state index in [0.717, 1.165) is 0 Å². The summed E-state index contributed by atoms with van der Waals surface area (Å²) in [6, 6.07) is 6.30. The Morgan fingerprint density at radius 3 is 1.89 bits per heavy atom. The normalized spacial score (nSPS) is 13.0. The molecule has 0 aliphatic carbocycles. The number of amides is 7. The molecule has 284 valence electrons. The zero-order chi connectivity index (χ0) is 39.1. The van der Waals surface area contributed by atoms with E-state index in [4.69, 9.17) is 11.5 Å². The maximum Gasteiger partial charge on any atom is 0.326 e. The van der Waals surface area contributed by atoms with Crippen LogP contribution in [0.1, 0.15) is 17.5 Å². The molecule has 2 aromatic carbocycles. The fraction of sp³-hybridized carbons (Fsp3) is 0.333. The van der Waals surface area contributed by atoms with Gasteiger partial charge in [0.1, 0.15) is 29.9 Å². The van der Waals surface area contributed by atoms with Gasteiger partial charge in [0, 0.05) is 29.9 Å². The number of hydrogen-bond donors (Lipinski definition) is 12. The second kappa shape index (κ2) is 19.7. The van der Waals surface area contributed by atoms with Crippen LogP contribution in [0, 0.1) is 0 Å². The number of carbonyl (C=O) groups excluding carboxylic acids is 7. The molecule has 20 nitrogen and oxygen atoms in total. The third-order valence-corrected chi connectivity index (χ3v) is 7.67. The molecule has 0 saturated carbocycles. The lowest BCUT2D eigenvalue weighted by atomic mass is 10.0. The van der Waals surface area contributed by atoms with Crippen LogP contribution in [-0.2, 0) is 51.2 Å². The summed E-state index contributed by atoms with van der Waals surface area (Å²) in [6.07, 6.45) is 0.459. The first-order chi connectivity index (χ1) is 25.2. The van der Waals surface area contributed by atoms with Gasteiger partial charge in [0.25, 0.3) is 0 Å². The number of aliphatic carboxylic acids is 1. The molecule has 0 radical (unpaired) electrons.